The molecule has 104 valence electrons. The summed E-state index contributed by atoms with van der Waals surface area (Å²) >= 11 is 3.04. The van der Waals surface area contributed by atoms with Gasteiger partial charge in [-0.1, -0.05) is 30.3 Å². The van der Waals surface area contributed by atoms with Gasteiger partial charge in [-0.05, 0) is 21.5 Å². The van der Waals surface area contributed by atoms with E-state index in [1.165, 1.54) is 6.07 Å². The van der Waals surface area contributed by atoms with Gasteiger partial charge in [0.05, 0.1) is 4.92 Å². The highest BCUT2D eigenvalue weighted by Crippen LogP contribution is 2.36. The smallest absolute Gasteiger partial charge is 0.258 e. The molecule has 0 heterocycles. The Labute approximate surface area is 123 Å². The fourth-order valence-corrected chi connectivity index (χ4v) is 3.74. The summed E-state index contributed by atoms with van der Waals surface area (Å²) in [6, 6.07) is 10.8. The van der Waals surface area contributed by atoms with E-state index in [1.807, 2.05) is 0 Å². The summed E-state index contributed by atoms with van der Waals surface area (Å²) in [5, 5.41) is 16.1. The zero-order valence-electron chi connectivity index (χ0n) is 9.99. The van der Waals surface area contributed by atoms with E-state index in [-0.39, 0.29) is 20.6 Å². The fourth-order valence-electron chi connectivity index (χ4n) is 1.81. The molecule has 0 aliphatic carbocycles. The van der Waals surface area contributed by atoms with Gasteiger partial charge in [-0.2, -0.15) is 0 Å². The molecule has 0 saturated heterocycles. The summed E-state index contributed by atoms with van der Waals surface area (Å²) in [6.07, 6.45) is 0. The van der Waals surface area contributed by atoms with Crippen molar-refractivity contribution in [3.8, 4) is 11.1 Å². The Morgan fingerprint density at radius 1 is 1.15 bits per heavy atom. The second-order valence-corrected chi connectivity index (χ2v) is 6.33. The summed E-state index contributed by atoms with van der Waals surface area (Å²) in [5.74, 6) is 0. The minimum absolute atomic E-state index is 0.0630. The van der Waals surface area contributed by atoms with Crippen molar-refractivity contribution in [2.24, 2.45) is 5.14 Å². The highest BCUT2D eigenvalue weighted by Gasteiger charge is 2.23. The van der Waals surface area contributed by atoms with Crippen molar-refractivity contribution < 1.29 is 13.3 Å². The number of hydrogen-bond acceptors (Lipinski definition) is 4. The number of nitro groups is 1. The molecule has 0 bridgehead atoms. The van der Waals surface area contributed by atoms with Crippen LogP contribution in [0.1, 0.15) is 0 Å². The van der Waals surface area contributed by atoms with Crippen LogP contribution < -0.4 is 5.14 Å². The van der Waals surface area contributed by atoms with Gasteiger partial charge in [0, 0.05) is 22.2 Å². The molecule has 0 saturated carbocycles. The van der Waals surface area contributed by atoms with Crippen LogP contribution in [0.25, 0.3) is 11.1 Å². The van der Waals surface area contributed by atoms with Gasteiger partial charge in [-0.25, -0.2) is 13.6 Å². The van der Waals surface area contributed by atoms with Crippen molar-refractivity contribution >= 4 is 31.6 Å². The number of nitrogens with zero attached hydrogens (tertiary/aromatic N) is 1. The number of non-ortho nitro benzene ring substituents is 1. The Balaban J connectivity index is 2.85. The quantitative estimate of drug-likeness (QED) is 0.674. The summed E-state index contributed by atoms with van der Waals surface area (Å²) in [7, 11) is -4.02. The first-order valence-electron chi connectivity index (χ1n) is 5.37. The van der Waals surface area contributed by atoms with Gasteiger partial charge >= 0.3 is 0 Å². The summed E-state index contributed by atoms with van der Waals surface area (Å²) in [5.41, 5.74) is 0.498. The Morgan fingerprint density at radius 2 is 1.75 bits per heavy atom. The van der Waals surface area contributed by atoms with Crippen LogP contribution in [0, 0.1) is 10.1 Å². The second-order valence-electron chi connectivity index (χ2n) is 3.97. The standard InChI is InChI=1S/C12H9BrN2O4S/c13-11-7-9(15(16)17)6-10(12(11)20(14,18)19)8-4-2-1-3-5-8/h1-7H,(H2,14,18,19). The molecule has 0 amide bonds. The first-order chi connectivity index (χ1) is 9.30. The van der Waals surface area contributed by atoms with E-state index in [4.69, 9.17) is 5.14 Å². The van der Waals surface area contributed by atoms with Crippen LogP contribution in [-0.4, -0.2) is 13.3 Å². The molecule has 0 radical (unpaired) electrons. The molecule has 20 heavy (non-hydrogen) atoms. The third-order valence-corrected chi connectivity index (χ3v) is 4.51. The lowest BCUT2D eigenvalue weighted by Crippen LogP contribution is -2.14. The molecule has 8 heteroatoms. The summed E-state index contributed by atoms with van der Waals surface area (Å²) in [6.45, 7) is 0. The number of nitro benzene ring substituents is 1. The zero-order valence-corrected chi connectivity index (χ0v) is 12.4. The van der Waals surface area contributed by atoms with Gasteiger partial charge < -0.3 is 0 Å². The van der Waals surface area contributed by atoms with Crippen LogP contribution in [0.4, 0.5) is 5.69 Å². The maximum Gasteiger partial charge on any atom is 0.271 e. The molecule has 0 spiro atoms. The van der Waals surface area contributed by atoms with Gasteiger partial charge in [0.1, 0.15) is 4.90 Å². The van der Waals surface area contributed by atoms with Crippen molar-refractivity contribution in [1.82, 2.24) is 0 Å². The van der Waals surface area contributed by atoms with Crippen LogP contribution >= 0.6 is 15.9 Å². The van der Waals surface area contributed by atoms with Crippen LogP contribution in [0.3, 0.4) is 0 Å². The molecular formula is C12H9BrN2O4S. The van der Waals surface area contributed by atoms with E-state index in [2.05, 4.69) is 15.9 Å². The highest BCUT2D eigenvalue weighted by atomic mass is 79.9. The van der Waals surface area contributed by atoms with Crippen molar-refractivity contribution in [1.29, 1.82) is 0 Å². The molecule has 0 aliphatic rings. The topological polar surface area (TPSA) is 103 Å². The lowest BCUT2D eigenvalue weighted by molar-refractivity contribution is -0.384. The normalized spacial score (nSPS) is 11.3. The van der Waals surface area contributed by atoms with E-state index in [0.29, 0.717) is 5.56 Å². The maximum absolute atomic E-state index is 11.7. The number of nitrogens with two attached hydrogens (primary N) is 1. The molecule has 6 nitrogen and oxygen atoms in total. The molecule has 2 rings (SSSR count). The van der Waals surface area contributed by atoms with Crippen molar-refractivity contribution in [3.05, 3.63) is 57.1 Å². The first-order valence-corrected chi connectivity index (χ1v) is 7.71. The number of hydrogen-bond donors (Lipinski definition) is 1. The number of halogens is 1. The monoisotopic (exact) mass is 356 g/mol. The van der Waals surface area contributed by atoms with Crippen molar-refractivity contribution in [2.45, 2.75) is 4.90 Å². The Kier molecular flexibility index (Phi) is 3.89. The third kappa shape index (κ3) is 2.87. The third-order valence-electron chi connectivity index (χ3n) is 2.61. The molecule has 2 aromatic rings. The van der Waals surface area contributed by atoms with E-state index in [1.54, 1.807) is 30.3 Å². The Hall–Kier alpha value is -1.77. The average Bonchev–Trinajstić information content (AvgIpc) is 2.37. The van der Waals surface area contributed by atoms with E-state index >= 15 is 0 Å². The van der Waals surface area contributed by atoms with Crippen LogP contribution in [0.2, 0.25) is 0 Å². The largest absolute Gasteiger partial charge is 0.271 e. The van der Waals surface area contributed by atoms with E-state index in [9.17, 15) is 18.5 Å². The van der Waals surface area contributed by atoms with Gasteiger partial charge in [0.15, 0.2) is 0 Å². The molecule has 0 fully saturated rings. The van der Waals surface area contributed by atoms with Gasteiger partial charge in [-0.3, -0.25) is 10.1 Å². The number of rotatable bonds is 3. The SMILES string of the molecule is NS(=O)(=O)c1c(Br)cc([N+](=O)[O-])cc1-c1ccccc1. The van der Waals surface area contributed by atoms with Crippen LogP contribution in [0.5, 0.6) is 0 Å². The average molecular weight is 357 g/mol. The summed E-state index contributed by atoms with van der Waals surface area (Å²) < 4.78 is 23.5. The number of primary sulfonamides is 1. The maximum atomic E-state index is 11.7. The molecular weight excluding hydrogens is 348 g/mol. The van der Waals surface area contributed by atoms with Crippen molar-refractivity contribution in [3.63, 3.8) is 0 Å². The molecule has 0 aromatic heterocycles. The van der Waals surface area contributed by atoms with E-state index < -0.39 is 14.9 Å². The minimum Gasteiger partial charge on any atom is -0.258 e. The van der Waals surface area contributed by atoms with Crippen LogP contribution in [-0.2, 0) is 10.0 Å². The Bertz CT molecular complexity index is 776. The second kappa shape index (κ2) is 5.31. The van der Waals surface area contributed by atoms with Crippen molar-refractivity contribution in [2.75, 3.05) is 0 Å². The van der Waals surface area contributed by atoms with Crippen LogP contribution in [0.15, 0.2) is 51.8 Å². The summed E-state index contributed by atoms with van der Waals surface area (Å²) in [4.78, 5) is 10.1. The first kappa shape index (κ1) is 14.6. The lowest BCUT2D eigenvalue weighted by Gasteiger charge is -2.10. The van der Waals surface area contributed by atoms with E-state index in [0.717, 1.165) is 6.07 Å². The lowest BCUT2D eigenvalue weighted by atomic mass is 10.1. The molecule has 0 unspecified atom stereocenters. The minimum atomic E-state index is -4.02. The number of benzene rings is 2. The molecule has 2 N–H and O–H groups in total. The zero-order chi connectivity index (χ0) is 14.9. The highest BCUT2D eigenvalue weighted by molar-refractivity contribution is 9.10. The van der Waals surface area contributed by atoms with Gasteiger partial charge in [0.25, 0.3) is 5.69 Å². The fraction of sp³-hybridized carbons (Fsp3) is 0. The number of sulfonamides is 1. The molecule has 2 aromatic carbocycles. The van der Waals surface area contributed by atoms with Gasteiger partial charge in [-0.15, -0.1) is 0 Å². The Morgan fingerprint density at radius 3 is 2.25 bits per heavy atom. The molecule has 0 aliphatic heterocycles. The predicted molar refractivity (Wildman–Crippen MR) is 77.6 cm³/mol. The predicted octanol–water partition coefficient (Wildman–Crippen LogP) is 2.67. The van der Waals surface area contributed by atoms with Gasteiger partial charge in [0.2, 0.25) is 10.0 Å². The molecule has 0 atom stereocenters.